The molecular formula is C15H26N4O2. The van der Waals surface area contributed by atoms with E-state index in [1.807, 2.05) is 0 Å². The minimum absolute atomic E-state index is 0.326. The highest BCUT2D eigenvalue weighted by Gasteiger charge is 2.42. The molecule has 1 N–H and O–H groups in total. The van der Waals surface area contributed by atoms with Crippen LogP contribution in [-0.2, 0) is 11.3 Å². The highest BCUT2D eigenvalue weighted by atomic mass is 16.4. The summed E-state index contributed by atoms with van der Waals surface area (Å²) >= 11 is 0. The van der Waals surface area contributed by atoms with E-state index in [0.717, 1.165) is 57.2 Å². The topological polar surface area (TPSA) is 80.9 Å². The molecule has 1 saturated carbocycles. The SMILES string of the molecule is CCCCC(CC)c1nnnn1CC1(C(=O)O)CCCC1. The number of nitrogens with zero attached hydrogens (tertiary/aromatic N) is 4. The number of aromatic nitrogens is 4. The molecule has 1 aromatic rings. The molecule has 1 atom stereocenters. The molecule has 0 aliphatic heterocycles. The van der Waals surface area contributed by atoms with E-state index in [0.29, 0.717) is 12.5 Å². The van der Waals surface area contributed by atoms with Crippen LogP contribution in [0.3, 0.4) is 0 Å². The number of hydrogen-bond donors (Lipinski definition) is 1. The van der Waals surface area contributed by atoms with Crippen molar-refractivity contribution < 1.29 is 9.90 Å². The van der Waals surface area contributed by atoms with Gasteiger partial charge in [-0.2, -0.15) is 0 Å². The van der Waals surface area contributed by atoms with Gasteiger partial charge in [0.2, 0.25) is 0 Å². The molecule has 118 valence electrons. The van der Waals surface area contributed by atoms with Gasteiger partial charge in [-0.3, -0.25) is 4.79 Å². The Morgan fingerprint density at radius 3 is 2.67 bits per heavy atom. The van der Waals surface area contributed by atoms with E-state index in [9.17, 15) is 9.90 Å². The summed E-state index contributed by atoms with van der Waals surface area (Å²) in [7, 11) is 0. The average Bonchev–Trinajstić information content (AvgIpc) is 3.11. The number of hydrogen-bond acceptors (Lipinski definition) is 4. The van der Waals surface area contributed by atoms with Crippen molar-refractivity contribution in [2.24, 2.45) is 5.41 Å². The van der Waals surface area contributed by atoms with Crippen LogP contribution in [0.1, 0.15) is 77.0 Å². The molecule has 21 heavy (non-hydrogen) atoms. The molecule has 0 saturated heterocycles. The first-order chi connectivity index (χ1) is 10.1. The fourth-order valence-electron chi connectivity index (χ4n) is 3.36. The van der Waals surface area contributed by atoms with Crippen LogP contribution in [-0.4, -0.2) is 31.3 Å². The summed E-state index contributed by atoms with van der Waals surface area (Å²) < 4.78 is 1.75. The van der Waals surface area contributed by atoms with E-state index < -0.39 is 11.4 Å². The third-order valence-corrected chi connectivity index (χ3v) is 4.79. The van der Waals surface area contributed by atoms with Crippen molar-refractivity contribution in [3.8, 4) is 0 Å². The van der Waals surface area contributed by atoms with Crippen molar-refractivity contribution in [2.45, 2.75) is 77.7 Å². The predicted molar refractivity (Wildman–Crippen MR) is 78.9 cm³/mol. The Bertz CT molecular complexity index is 466. The van der Waals surface area contributed by atoms with Crippen molar-refractivity contribution in [1.29, 1.82) is 0 Å². The Morgan fingerprint density at radius 2 is 2.10 bits per heavy atom. The number of carboxylic acids is 1. The van der Waals surface area contributed by atoms with Crippen LogP contribution < -0.4 is 0 Å². The van der Waals surface area contributed by atoms with E-state index in [2.05, 4.69) is 29.4 Å². The van der Waals surface area contributed by atoms with Gasteiger partial charge in [0.1, 0.15) is 0 Å². The Morgan fingerprint density at radius 1 is 1.38 bits per heavy atom. The molecule has 1 fully saturated rings. The maximum atomic E-state index is 11.7. The quantitative estimate of drug-likeness (QED) is 0.797. The molecule has 0 spiro atoms. The van der Waals surface area contributed by atoms with Crippen molar-refractivity contribution in [1.82, 2.24) is 20.2 Å². The minimum Gasteiger partial charge on any atom is -0.481 e. The molecule has 0 amide bonds. The fraction of sp³-hybridized carbons (Fsp3) is 0.867. The standard InChI is InChI=1S/C15H26N4O2/c1-3-5-8-12(4-2)13-16-17-18-19(13)11-15(14(20)21)9-6-7-10-15/h12H,3-11H2,1-2H3,(H,20,21). The first-order valence-corrected chi connectivity index (χ1v) is 8.12. The van der Waals surface area contributed by atoms with Crippen LogP contribution in [0.5, 0.6) is 0 Å². The summed E-state index contributed by atoms with van der Waals surface area (Å²) in [6.45, 7) is 4.73. The lowest BCUT2D eigenvalue weighted by Gasteiger charge is -2.24. The Kier molecular flexibility index (Phi) is 5.31. The van der Waals surface area contributed by atoms with E-state index in [1.165, 1.54) is 0 Å². The lowest BCUT2D eigenvalue weighted by Crippen LogP contribution is -2.34. The normalized spacial score (nSPS) is 18.8. The van der Waals surface area contributed by atoms with Gasteiger partial charge in [0.05, 0.1) is 12.0 Å². The second-order valence-corrected chi connectivity index (χ2v) is 6.23. The Hall–Kier alpha value is -1.46. The highest BCUT2D eigenvalue weighted by Crippen LogP contribution is 2.40. The Labute approximate surface area is 125 Å². The average molecular weight is 294 g/mol. The summed E-state index contributed by atoms with van der Waals surface area (Å²) in [5.41, 5.74) is -0.673. The van der Waals surface area contributed by atoms with Crippen LogP contribution in [0.2, 0.25) is 0 Å². The molecule has 1 unspecified atom stereocenters. The van der Waals surface area contributed by atoms with Crippen molar-refractivity contribution in [3.63, 3.8) is 0 Å². The first kappa shape index (κ1) is 15.9. The van der Waals surface area contributed by atoms with E-state index in [4.69, 9.17) is 0 Å². The lowest BCUT2D eigenvalue weighted by molar-refractivity contribution is -0.149. The van der Waals surface area contributed by atoms with Gasteiger partial charge < -0.3 is 5.11 Å². The van der Waals surface area contributed by atoms with Crippen molar-refractivity contribution in [3.05, 3.63) is 5.82 Å². The van der Waals surface area contributed by atoms with Gasteiger partial charge in [-0.05, 0) is 36.1 Å². The number of rotatable bonds is 8. The molecule has 0 aromatic carbocycles. The van der Waals surface area contributed by atoms with Crippen molar-refractivity contribution in [2.75, 3.05) is 0 Å². The molecule has 2 rings (SSSR count). The molecule has 6 nitrogen and oxygen atoms in total. The van der Waals surface area contributed by atoms with Gasteiger partial charge in [0.15, 0.2) is 5.82 Å². The van der Waals surface area contributed by atoms with Crippen LogP contribution >= 0.6 is 0 Å². The summed E-state index contributed by atoms with van der Waals surface area (Å²) in [5.74, 6) is 0.480. The molecule has 1 heterocycles. The number of tetrazole rings is 1. The largest absolute Gasteiger partial charge is 0.481 e. The van der Waals surface area contributed by atoms with Gasteiger partial charge >= 0.3 is 5.97 Å². The lowest BCUT2D eigenvalue weighted by atomic mass is 9.86. The van der Waals surface area contributed by atoms with Crippen LogP contribution in [0.4, 0.5) is 0 Å². The van der Waals surface area contributed by atoms with Crippen LogP contribution in [0.15, 0.2) is 0 Å². The van der Waals surface area contributed by atoms with Gasteiger partial charge in [-0.15, -0.1) is 5.10 Å². The maximum absolute atomic E-state index is 11.7. The first-order valence-electron chi connectivity index (χ1n) is 8.12. The number of carbonyl (C=O) groups is 1. The third-order valence-electron chi connectivity index (χ3n) is 4.79. The maximum Gasteiger partial charge on any atom is 0.311 e. The van der Waals surface area contributed by atoms with E-state index >= 15 is 0 Å². The molecule has 6 heteroatoms. The molecule has 1 aliphatic carbocycles. The van der Waals surface area contributed by atoms with E-state index in [1.54, 1.807) is 4.68 Å². The predicted octanol–water partition coefficient (Wildman–Crippen LogP) is 3.00. The summed E-state index contributed by atoms with van der Waals surface area (Å²) in [4.78, 5) is 11.7. The zero-order valence-corrected chi connectivity index (χ0v) is 13.1. The molecular weight excluding hydrogens is 268 g/mol. The molecule has 1 aromatic heterocycles. The number of carboxylic acid groups (broad SMARTS) is 1. The van der Waals surface area contributed by atoms with Crippen LogP contribution in [0.25, 0.3) is 0 Å². The summed E-state index contributed by atoms with van der Waals surface area (Å²) in [6.07, 6.45) is 7.77. The molecule has 1 aliphatic rings. The number of unbranched alkanes of at least 4 members (excludes halogenated alkanes) is 1. The summed E-state index contributed by atoms with van der Waals surface area (Å²) in [6, 6.07) is 0. The second kappa shape index (κ2) is 7.00. The van der Waals surface area contributed by atoms with Gasteiger partial charge in [0, 0.05) is 5.92 Å². The fourth-order valence-corrected chi connectivity index (χ4v) is 3.36. The minimum atomic E-state index is -0.706. The monoisotopic (exact) mass is 294 g/mol. The van der Waals surface area contributed by atoms with Crippen molar-refractivity contribution >= 4 is 5.97 Å². The van der Waals surface area contributed by atoms with Gasteiger partial charge in [-0.25, -0.2) is 4.68 Å². The molecule has 0 radical (unpaired) electrons. The zero-order valence-electron chi connectivity index (χ0n) is 13.1. The summed E-state index contributed by atoms with van der Waals surface area (Å²) in [5, 5.41) is 21.7. The second-order valence-electron chi connectivity index (χ2n) is 6.23. The van der Waals surface area contributed by atoms with Gasteiger partial charge in [0.25, 0.3) is 0 Å². The Balaban J connectivity index is 2.17. The highest BCUT2D eigenvalue weighted by molar-refractivity contribution is 5.74. The molecule has 0 bridgehead atoms. The zero-order chi connectivity index (χ0) is 15.3. The smallest absolute Gasteiger partial charge is 0.311 e. The number of aliphatic carboxylic acids is 1. The third kappa shape index (κ3) is 3.41. The van der Waals surface area contributed by atoms with E-state index in [-0.39, 0.29) is 0 Å². The van der Waals surface area contributed by atoms with Crippen LogP contribution in [0, 0.1) is 5.41 Å². The van der Waals surface area contributed by atoms with Gasteiger partial charge in [-0.1, -0.05) is 39.5 Å².